The van der Waals surface area contributed by atoms with Crippen molar-refractivity contribution in [2.75, 3.05) is 0 Å². The predicted molar refractivity (Wildman–Crippen MR) is 85.0 cm³/mol. The number of aryl methyl sites for hydroxylation is 2. The minimum atomic E-state index is 0.753. The molecule has 3 rings (SSSR count). The number of nitrogens with zero attached hydrogens (tertiary/aromatic N) is 3. The minimum absolute atomic E-state index is 0.753. The summed E-state index contributed by atoms with van der Waals surface area (Å²) in [7, 11) is 1.89. The Kier molecular flexibility index (Phi) is 4.40. The maximum atomic E-state index is 6.09. The first-order valence-electron chi connectivity index (χ1n) is 6.68. The summed E-state index contributed by atoms with van der Waals surface area (Å²) >= 11 is 6.09. The van der Waals surface area contributed by atoms with Crippen molar-refractivity contribution in [1.82, 2.24) is 14.8 Å². The number of hydrogen-bond donors (Lipinski definition) is 0. The van der Waals surface area contributed by atoms with Gasteiger partial charge in [0.05, 0.1) is 11.9 Å². The number of aromatic nitrogens is 3. The van der Waals surface area contributed by atoms with E-state index >= 15 is 0 Å². The molecule has 0 aliphatic rings. The van der Waals surface area contributed by atoms with Crippen LogP contribution in [0.3, 0.4) is 0 Å². The number of hydrogen-bond acceptors (Lipinski definition) is 2. The Morgan fingerprint density at radius 3 is 2.50 bits per heavy atom. The first kappa shape index (κ1) is 14.5. The van der Waals surface area contributed by atoms with Crippen molar-refractivity contribution < 1.29 is 0 Å². The van der Waals surface area contributed by atoms with Gasteiger partial charge in [-0.2, -0.15) is 5.10 Å². The molecule has 4 heteroatoms. The molecule has 0 bridgehead atoms. The fourth-order valence-electron chi connectivity index (χ4n) is 2.11. The molecule has 3 nitrogen and oxygen atoms in total. The second-order valence-corrected chi connectivity index (χ2v) is 4.85. The van der Waals surface area contributed by atoms with E-state index in [9.17, 15) is 0 Å². The number of fused-ring (bicyclic) bond motifs is 1. The molecule has 0 saturated carbocycles. The molecule has 0 aliphatic carbocycles. The van der Waals surface area contributed by atoms with Crippen molar-refractivity contribution in [2.24, 2.45) is 7.05 Å². The molecule has 0 atom stereocenters. The molecule has 20 heavy (non-hydrogen) atoms. The van der Waals surface area contributed by atoms with Crippen LogP contribution in [0.25, 0.3) is 22.0 Å². The highest BCUT2D eigenvalue weighted by Crippen LogP contribution is 2.26. The lowest BCUT2D eigenvalue weighted by molar-refractivity contribution is 0.768. The Balaban J connectivity index is 0.000000704. The number of pyridine rings is 1. The first-order chi connectivity index (χ1) is 9.63. The summed E-state index contributed by atoms with van der Waals surface area (Å²) in [6.45, 7) is 6.04. The summed E-state index contributed by atoms with van der Waals surface area (Å²) in [6.07, 6.45) is 5.65. The van der Waals surface area contributed by atoms with Crippen molar-refractivity contribution in [2.45, 2.75) is 20.8 Å². The third-order valence-electron chi connectivity index (χ3n) is 3.01. The molecule has 104 valence electrons. The van der Waals surface area contributed by atoms with Crippen LogP contribution in [0.4, 0.5) is 0 Å². The van der Waals surface area contributed by atoms with Gasteiger partial charge in [-0.15, -0.1) is 0 Å². The van der Waals surface area contributed by atoms with Crippen LogP contribution in [0.1, 0.15) is 19.4 Å². The van der Waals surface area contributed by atoms with Crippen LogP contribution in [-0.4, -0.2) is 14.8 Å². The molecule has 3 aromatic rings. The zero-order valence-electron chi connectivity index (χ0n) is 12.2. The normalized spacial score (nSPS) is 10.2. The van der Waals surface area contributed by atoms with Gasteiger partial charge in [0.1, 0.15) is 0 Å². The maximum absolute atomic E-state index is 6.09. The Hall–Kier alpha value is -1.87. The standard InChI is InChI=1S/C14H12ClN3.C2H6/c1-9-3-12(15)4-10-5-14(16-7-13(9)10)11-6-17-18(2)8-11;1-2/h3-8H,1-2H3;1-2H3. The Morgan fingerprint density at radius 2 is 1.85 bits per heavy atom. The second kappa shape index (κ2) is 6.06. The Labute approximate surface area is 124 Å². The number of benzene rings is 1. The van der Waals surface area contributed by atoms with E-state index in [4.69, 9.17) is 11.6 Å². The van der Waals surface area contributed by atoms with Gasteiger partial charge in [-0.25, -0.2) is 0 Å². The fourth-order valence-corrected chi connectivity index (χ4v) is 2.39. The highest BCUT2D eigenvalue weighted by molar-refractivity contribution is 6.31. The summed E-state index contributed by atoms with van der Waals surface area (Å²) in [6, 6.07) is 5.96. The van der Waals surface area contributed by atoms with Crippen LogP contribution in [0.2, 0.25) is 5.02 Å². The van der Waals surface area contributed by atoms with Crippen LogP contribution < -0.4 is 0 Å². The Morgan fingerprint density at radius 1 is 1.10 bits per heavy atom. The third kappa shape index (κ3) is 2.83. The smallest absolute Gasteiger partial charge is 0.0739 e. The third-order valence-corrected chi connectivity index (χ3v) is 3.23. The van der Waals surface area contributed by atoms with E-state index in [1.807, 2.05) is 64.6 Å². The van der Waals surface area contributed by atoms with Gasteiger partial charge in [-0.1, -0.05) is 25.4 Å². The van der Waals surface area contributed by atoms with E-state index in [0.717, 1.165) is 32.6 Å². The average Bonchev–Trinajstić information content (AvgIpc) is 2.87. The van der Waals surface area contributed by atoms with Crippen LogP contribution in [0.5, 0.6) is 0 Å². The first-order valence-corrected chi connectivity index (χ1v) is 7.06. The van der Waals surface area contributed by atoms with Gasteiger partial charge < -0.3 is 0 Å². The van der Waals surface area contributed by atoms with Crippen LogP contribution in [0.15, 0.2) is 36.8 Å². The van der Waals surface area contributed by atoms with Crippen molar-refractivity contribution in [3.05, 3.63) is 47.4 Å². The zero-order valence-corrected chi connectivity index (χ0v) is 12.9. The van der Waals surface area contributed by atoms with E-state index in [2.05, 4.69) is 10.1 Å². The minimum Gasteiger partial charge on any atom is -0.275 e. The molecule has 0 amide bonds. The lowest BCUT2D eigenvalue weighted by Crippen LogP contribution is -1.86. The zero-order chi connectivity index (χ0) is 14.7. The molecule has 0 aliphatic heterocycles. The van der Waals surface area contributed by atoms with Crippen LogP contribution >= 0.6 is 11.6 Å². The summed E-state index contributed by atoms with van der Waals surface area (Å²) in [5, 5.41) is 7.15. The van der Waals surface area contributed by atoms with Crippen LogP contribution in [0, 0.1) is 6.92 Å². The summed E-state index contributed by atoms with van der Waals surface area (Å²) in [4.78, 5) is 4.48. The van der Waals surface area contributed by atoms with Crippen molar-refractivity contribution in [3.63, 3.8) is 0 Å². The molecule has 0 spiro atoms. The van der Waals surface area contributed by atoms with E-state index in [1.54, 1.807) is 4.68 Å². The largest absolute Gasteiger partial charge is 0.275 e. The van der Waals surface area contributed by atoms with Gasteiger partial charge in [-0.3, -0.25) is 9.67 Å². The van der Waals surface area contributed by atoms with Gasteiger partial charge in [0, 0.05) is 35.4 Å². The molecule has 0 N–H and O–H groups in total. The Bertz CT molecular complexity index is 732. The summed E-state index contributed by atoms with van der Waals surface area (Å²) < 4.78 is 1.77. The highest BCUT2D eigenvalue weighted by atomic mass is 35.5. The van der Waals surface area contributed by atoms with Gasteiger partial charge in [-0.05, 0) is 36.1 Å². The summed E-state index contributed by atoms with van der Waals surface area (Å²) in [5.41, 5.74) is 3.07. The van der Waals surface area contributed by atoms with Gasteiger partial charge in [0.25, 0.3) is 0 Å². The lowest BCUT2D eigenvalue weighted by atomic mass is 10.1. The van der Waals surface area contributed by atoms with Gasteiger partial charge >= 0.3 is 0 Å². The van der Waals surface area contributed by atoms with E-state index in [1.165, 1.54) is 0 Å². The molecule has 1 aromatic carbocycles. The molecule has 0 unspecified atom stereocenters. The molecule has 2 heterocycles. The van der Waals surface area contributed by atoms with E-state index in [-0.39, 0.29) is 0 Å². The lowest BCUT2D eigenvalue weighted by Gasteiger charge is -2.04. The van der Waals surface area contributed by atoms with E-state index < -0.39 is 0 Å². The SMILES string of the molecule is CC.Cc1cc(Cl)cc2cc(-c3cnn(C)c3)ncc12. The van der Waals surface area contributed by atoms with Crippen molar-refractivity contribution in [3.8, 4) is 11.3 Å². The van der Waals surface area contributed by atoms with Crippen LogP contribution in [-0.2, 0) is 7.05 Å². The molecule has 2 aromatic heterocycles. The van der Waals surface area contributed by atoms with Gasteiger partial charge in [0.15, 0.2) is 0 Å². The topological polar surface area (TPSA) is 30.7 Å². The predicted octanol–water partition coefficient (Wildman–Crippen LogP) is 4.62. The van der Waals surface area contributed by atoms with Gasteiger partial charge in [0.2, 0.25) is 0 Å². The number of halogens is 1. The molecule has 0 fully saturated rings. The fraction of sp³-hybridized carbons (Fsp3) is 0.250. The summed E-state index contributed by atoms with van der Waals surface area (Å²) in [5.74, 6) is 0. The quantitative estimate of drug-likeness (QED) is 0.653. The molecular weight excluding hydrogens is 270 g/mol. The van der Waals surface area contributed by atoms with E-state index in [0.29, 0.717) is 0 Å². The monoisotopic (exact) mass is 287 g/mol. The molecule has 0 radical (unpaired) electrons. The van der Waals surface area contributed by atoms with Crippen molar-refractivity contribution in [1.29, 1.82) is 0 Å². The number of rotatable bonds is 1. The second-order valence-electron chi connectivity index (χ2n) is 4.42. The molecular formula is C16H18ClN3. The van der Waals surface area contributed by atoms with Crippen molar-refractivity contribution >= 4 is 22.4 Å². The maximum Gasteiger partial charge on any atom is 0.0739 e. The highest BCUT2D eigenvalue weighted by Gasteiger charge is 2.05. The molecule has 0 saturated heterocycles. The average molecular weight is 288 g/mol.